The number of hydrogen-bond donors (Lipinski definition) is 0. The molecule has 1 aromatic heterocycles. The Hall–Kier alpha value is -1.62. The molecule has 5 heteroatoms. The highest BCUT2D eigenvalue weighted by Crippen LogP contribution is 2.17. The Morgan fingerprint density at radius 3 is 2.70 bits per heavy atom. The van der Waals surface area contributed by atoms with E-state index >= 15 is 0 Å². The molecule has 0 aliphatic rings. The Morgan fingerprint density at radius 1 is 1.30 bits per heavy atom. The van der Waals surface area contributed by atoms with Gasteiger partial charge in [0.05, 0.1) is 5.69 Å². The Labute approximate surface area is 121 Å². The summed E-state index contributed by atoms with van der Waals surface area (Å²) >= 11 is 0. The minimum absolute atomic E-state index is 0.325. The first kappa shape index (κ1) is 16.4. The zero-order chi connectivity index (χ0) is 15.0. The molecule has 0 fully saturated rings. The van der Waals surface area contributed by atoms with Crippen molar-refractivity contribution in [3.63, 3.8) is 0 Å². The van der Waals surface area contributed by atoms with Crippen LogP contribution in [0.15, 0.2) is 18.3 Å². The minimum atomic E-state index is -0.325. The molecule has 0 aliphatic carbocycles. The lowest BCUT2D eigenvalue weighted by Gasteiger charge is -2.18. The molecular weight excluding hydrogens is 254 g/mol. The van der Waals surface area contributed by atoms with E-state index in [-0.39, 0.29) is 6.09 Å². The van der Waals surface area contributed by atoms with Crippen LogP contribution in [0.5, 0.6) is 5.75 Å². The van der Waals surface area contributed by atoms with Crippen LogP contribution in [-0.2, 0) is 6.54 Å². The number of carbonyl (C=O) groups is 1. The lowest BCUT2D eigenvalue weighted by Crippen LogP contribution is -2.31. The van der Waals surface area contributed by atoms with Crippen LogP contribution in [0.25, 0.3) is 0 Å². The molecule has 0 aliphatic heterocycles. The molecule has 0 saturated carbocycles. The quantitative estimate of drug-likeness (QED) is 0.720. The van der Waals surface area contributed by atoms with Crippen molar-refractivity contribution in [3.8, 4) is 5.75 Å². The maximum absolute atomic E-state index is 12.0. The SMILES string of the molecule is CCCCCN(C)C(=O)Oc1cccnc1CN(C)C. The second-order valence-electron chi connectivity index (χ2n) is 5.18. The predicted octanol–water partition coefficient (Wildman–Crippen LogP) is 2.76. The summed E-state index contributed by atoms with van der Waals surface area (Å²) in [6.07, 6.45) is 4.64. The second kappa shape index (κ2) is 8.53. The molecule has 0 saturated heterocycles. The lowest BCUT2D eigenvalue weighted by atomic mass is 10.2. The van der Waals surface area contributed by atoms with Crippen LogP contribution < -0.4 is 4.74 Å². The van der Waals surface area contributed by atoms with Crippen LogP contribution in [0.2, 0.25) is 0 Å². The zero-order valence-electron chi connectivity index (χ0n) is 12.9. The summed E-state index contributed by atoms with van der Waals surface area (Å²) in [5.41, 5.74) is 0.771. The number of amides is 1. The average molecular weight is 279 g/mol. The van der Waals surface area contributed by atoms with E-state index in [9.17, 15) is 4.79 Å². The van der Waals surface area contributed by atoms with Gasteiger partial charge in [0, 0.05) is 26.3 Å². The third kappa shape index (κ3) is 5.57. The Morgan fingerprint density at radius 2 is 2.05 bits per heavy atom. The number of unbranched alkanes of at least 4 members (excludes halogenated alkanes) is 2. The molecule has 5 nitrogen and oxygen atoms in total. The number of aromatic nitrogens is 1. The molecule has 0 radical (unpaired) electrons. The number of nitrogens with zero attached hydrogens (tertiary/aromatic N) is 3. The van der Waals surface area contributed by atoms with E-state index in [1.165, 1.54) is 0 Å². The van der Waals surface area contributed by atoms with Crippen molar-refractivity contribution in [2.24, 2.45) is 0 Å². The van der Waals surface area contributed by atoms with Crippen LogP contribution in [0.1, 0.15) is 31.9 Å². The predicted molar refractivity (Wildman–Crippen MR) is 79.8 cm³/mol. The molecule has 112 valence electrons. The topological polar surface area (TPSA) is 45.7 Å². The summed E-state index contributed by atoms with van der Waals surface area (Å²) < 4.78 is 5.44. The van der Waals surface area contributed by atoms with Gasteiger partial charge < -0.3 is 14.5 Å². The van der Waals surface area contributed by atoms with Gasteiger partial charge in [0.25, 0.3) is 0 Å². The van der Waals surface area contributed by atoms with Crippen molar-refractivity contribution in [1.82, 2.24) is 14.8 Å². The summed E-state index contributed by atoms with van der Waals surface area (Å²) in [6, 6.07) is 3.56. The summed E-state index contributed by atoms with van der Waals surface area (Å²) in [6.45, 7) is 3.50. The third-order valence-electron chi connectivity index (χ3n) is 2.92. The van der Waals surface area contributed by atoms with Crippen LogP contribution in [0, 0.1) is 0 Å². The van der Waals surface area contributed by atoms with Gasteiger partial charge >= 0.3 is 6.09 Å². The van der Waals surface area contributed by atoms with Gasteiger partial charge in [-0.15, -0.1) is 0 Å². The number of pyridine rings is 1. The zero-order valence-corrected chi connectivity index (χ0v) is 12.9. The van der Waals surface area contributed by atoms with Gasteiger partial charge in [-0.05, 0) is 32.6 Å². The number of carbonyl (C=O) groups excluding carboxylic acids is 1. The summed E-state index contributed by atoms with van der Waals surface area (Å²) in [7, 11) is 5.67. The van der Waals surface area contributed by atoms with E-state index in [2.05, 4.69) is 11.9 Å². The molecule has 1 amide bonds. The van der Waals surface area contributed by atoms with Gasteiger partial charge in [-0.2, -0.15) is 0 Å². The first-order valence-electron chi connectivity index (χ1n) is 7.06. The van der Waals surface area contributed by atoms with Gasteiger partial charge in [0.1, 0.15) is 0 Å². The molecule has 0 bridgehead atoms. The first-order chi connectivity index (χ1) is 9.54. The molecular formula is C15H25N3O2. The van der Waals surface area contributed by atoms with Gasteiger partial charge in [-0.3, -0.25) is 4.98 Å². The third-order valence-corrected chi connectivity index (χ3v) is 2.92. The maximum Gasteiger partial charge on any atom is 0.415 e. The normalized spacial score (nSPS) is 10.7. The second-order valence-corrected chi connectivity index (χ2v) is 5.18. The molecule has 0 atom stereocenters. The molecule has 20 heavy (non-hydrogen) atoms. The van der Waals surface area contributed by atoms with E-state index in [0.29, 0.717) is 12.3 Å². The van der Waals surface area contributed by atoms with Crippen LogP contribution in [-0.4, -0.2) is 48.6 Å². The highest BCUT2D eigenvalue weighted by atomic mass is 16.6. The van der Waals surface area contributed by atoms with E-state index in [4.69, 9.17) is 4.74 Å². The monoisotopic (exact) mass is 279 g/mol. The highest BCUT2D eigenvalue weighted by molar-refractivity contribution is 5.70. The summed E-state index contributed by atoms with van der Waals surface area (Å²) in [5.74, 6) is 0.536. The summed E-state index contributed by atoms with van der Waals surface area (Å²) in [4.78, 5) is 19.9. The minimum Gasteiger partial charge on any atom is -0.408 e. The van der Waals surface area contributed by atoms with Crippen LogP contribution >= 0.6 is 0 Å². The van der Waals surface area contributed by atoms with Crippen molar-refractivity contribution in [2.45, 2.75) is 32.7 Å². The average Bonchev–Trinajstić information content (AvgIpc) is 2.40. The lowest BCUT2D eigenvalue weighted by molar-refractivity contribution is 0.161. The van der Waals surface area contributed by atoms with Gasteiger partial charge in [-0.25, -0.2) is 4.79 Å². The number of ether oxygens (including phenoxy) is 1. The number of rotatable bonds is 7. The highest BCUT2D eigenvalue weighted by Gasteiger charge is 2.14. The molecule has 0 spiro atoms. The van der Waals surface area contributed by atoms with Crippen molar-refractivity contribution >= 4 is 6.09 Å². The summed E-state index contributed by atoms with van der Waals surface area (Å²) in [5, 5.41) is 0. The Balaban J connectivity index is 2.60. The van der Waals surface area contributed by atoms with Crippen molar-refractivity contribution in [1.29, 1.82) is 0 Å². The van der Waals surface area contributed by atoms with E-state index < -0.39 is 0 Å². The van der Waals surface area contributed by atoms with Crippen molar-refractivity contribution in [3.05, 3.63) is 24.0 Å². The molecule has 0 N–H and O–H groups in total. The molecule has 1 heterocycles. The first-order valence-corrected chi connectivity index (χ1v) is 7.06. The fourth-order valence-corrected chi connectivity index (χ4v) is 1.80. The molecule has 0 unspecified atom stereocenters. The van der Waals surface area contributed by atoms with Gasteiger partial charge in [0.2, 0.25) is 0 Å². The maximum atomic E-state index is 12.0. The Kier molecular flexibility index (Phi) is 7.01. The van der Waals surface area contributed by atoms with Crippen molar-refractivity contribution < 1.29 is 9.53 Å². The van der Waals surface area contributed by atoms with Gasteiger partial charge in [-0.1, -0.05) is 19.8 Å². The van der Waals surface area contributed by atoms with Crippen LogP contribution in [0.3, 0.4) is 0 Å². The number of hydrogen-bond acceptors (Lipinski definition) is 4. The largest absolute Gasteiger partial charge is 0.415 e. The molecule has 1 aromatic rings. The fraction of sp³-hybridized carbons (Fsp3) is 0.600. The van der Waals surface area contributed by atoms with Crippen molar-refractivity contribution in [2.75, 3.05) is 27.7 Å². The standard InChI is InChI=1S/C15H25N3O2/c1-5-6-7-11-18(4)15(19)20-14-9-8-10-16-13(14)12-17(2)3/h8-10H,5-7,11-12H2,1-4H3. The molecule has 0 aromatic carbocycles. The fourth-order valence-electron chi connectivity index (χ4n) is 1.80. The Bertz CT molecular complexity index is 421. The van der Waals surface area contributed by atoms with E-state index in [1.807, 2.05) is 19.0 Å². The van der Waals surface area contributed by atoms with E-state index in [0.717, 1.165) is 31.5 Å². The van der Waals surface area contributed by atoms with E-state index in [1.54, 1.807) is 30.3 Å². The molecule has 1 rings (SSSR count). The van der Waals surface area contributed by atoms with Gasteiger partial charge in [0.15, 0.2) is 5.75 Å². The smallest absolute Gasteiger partial charge is 0.408 e. The van der Waals surface area contributed by atoms with Crippen LogP contribution in [0.4, 0.5) is 4.79 Å².